The van der Waals surface area contributed by atoms with Crippen LogP contribution in [0.4, 0.5) is 0 Å². The van der Waals surface area contributed by atoms with Gasteiger partial charge in [0.15, 0.2) is 0 Å². The quantitative estimate of drug-likeness (QED) is 0.687. The highest BCUT2D eigenvalue weighted by Crippen LogP contribution is 2.37. The van der Waals surface area contributed by atoms with E-state index >= 15 is 0 Å². The van der Waals surface area contributed by atoms with Gasteiger partial charge < -0.3 is 20.1 Å². The van der Waals surface area contributed by atoms with E-state index in [0.717, 1.165) is 35.1 Å². The Bertz CT molecular complexity index is 637. The zero-order chi connectivity index (χ0) is 18.6. The summed E-state index contributed by atoms with van der Waals surface area (Å²) in [4.78, 5) is 11.1. The minimum atomic E-state index is -0.954. The van der Waals surface area contributed by atoms with Crippen LogP contribution in [0.2, 0.25) is 0 Å². The van der Waals surface area contributed by atoms with Gasteiger partial charge in [0.1, 0.15) is 0 Å². The average Bonchev–Trinajstić information content (AvgIpc) is 2.53. The molecule has 5 heteroatoms. The van der Waals surface area contributed by atoms with Gasteiger partial charge in [-0.1, -0.05) is 31.2 Å². The molecule has 5 nitrogen and oxygen atoms in total. The molecule has 0 radical (unpaired) electrons. The van der Waals surface area contributed by atoms with Gasteiger partial charge in [-0.15, -0.1) is 0 Å². The third-order valence-electron chi connectivity index (χ3n) is 4.75. The standard InChI is InChI=1S/C20H28O5/c1-12-8-14-5-4-13(2)17(20(14)18(23)9-12)7-6-15(21)10-16(22)11-19(24)25-3/h4-7,12,15-16,18,21-23H,8-11H2,1-3H3/b7-6+/t12-,15+,16+,18+/m0/s1. The van der Waals surface area contributed by atoms with Crippen molar-refractivity contribution < 1.29 is 24.9 Å². The predicted molar refractivity (Wildman–Crippen MR) is 95.9 cm³/mol. The Kier molecular flexibility index (Phi) is 6.76. The molecule has 0 aromatic heterocycles. The number of ether oxygens (including phenoxy) is 1. The third-order valence-corrected chi connectivity index (χ3v) is 4.75. The summed E-state index contributed by atoms with van der Waals surface area (Å²) in [5.74, 6) is -0.0602. The Labute approximate surface area is 149 Å². The number of rotatable bonds is 6. The number of carbonyl (C=O) groups excluding carboxylic acids is 1. The van der Waals surface area contributed by atoms with Gasteiger partial charge in [-0.2, -0.15) is 0 Å². The number of hydrogen-bond acceptors (Lipinski definition) is 5. The normalized spacial score (nSPS) is 22.5. The minimum Gasteiger partial charge on any atom is -0.469 e. The molecule has 4 atom stereocenters. The molecule has 0 spiro atoms. The summed E-state index contributed by atoms with van der Waals surface area (Å²) in [5, 5.41) is 30.4. The molecule has 0 bridgehead atoms. The van der Waals surface area contributed by atoms with Crippen molar-refractivity contribution >= 4 is 12.0 Å². The van der Waals surface area contributed by atoms with Gasteiger partial charge >= 0.3 is 5.97 Å². The highest BCUT2D eigenvalue weighted by molar-refractivity contribution is 5.69. The van der Waals surface area contributed by atoms with E-state index in [1.165, 1.54) is 7.11 Å². The molecule has 0 aliphatic heterocycles. The lowest BCUT2D eigenvalue weighted by atomic mass is 9.79. The van der Waals surface area contributed by atoms with Crippen LogP contribution in [-0.2, 0) is 16.0 Å². The first-order chi connectivity index (χ1) is 11.8. The number of hydrogen-bond donors (Lipinski definition) is 3. The maximum Gasteiger partial charge on any atom is 0.308 e. The maximum atomic E-state index is 11.1. The van der Waals surface area contributed by atoms with Crippen molar-refractivity contribution in [2.75, 3.05) is 7.11 Å². The fraction of sp³-hybridized carbons (Fsp3) is 0.550. The van der Waals surface area contributed by atoms with Crippen molar-refractivity contribution in [2.45, 2.75) is 57.8 Å². The molecular weight excluding hydrogens is 320 g/mol. The molecule has 0 amide bonds. The summed E-state index contributed by atoms with van der Waals surface area (Å²) in [6.45, 7) is 4.11. The molecule has 0 heterocycles. The van der Waals surface area contributed by atoms with Gasteiger partial charge in [0.25, 0.3) is 0 Å². The number of benzene rings is 1. The fourth-order valence-electron chi connectivity index (χ4n) is 3.46. The Balaban J connectivity index is 2.13. The van der Waals surface area contributed by atoms with Gasteiger partial charge in [0.05, 0.1) is 31.8 Å². The van der Waals surface area contributed by atoms with Crippen molar-refractivity contribution in [3.05, 3.63) is 40.5 Å². The summed E-state index contributed by atoms with van der Waals surface area (Å²) in [5.41, 5.74) is 4.05. The lowest BCUT2D eigenvalue weighted by Crippen LogP contribution is -2.20. The molecule has 3 N–H and O–H groups in total. The van der Waals surface area contributed by atoms with E-state index in [1.54, 1.807) is 6.08 Å². The summed E-state index contributed by atoms with van der Waals surface area (Å²) >= 11 is 0. The average molecular weight is 348 g/mol. The van der Waals surface area contributed by atoms with Crippen LogP contribution in [-0.4, -0.2) is 40.6 Å². The van der Waals surface area contributed by atoms with E-state index in [2.05, 4.69) is 17.7 Å². The highest BCUT2D eigenvalue weighted by atomic mass is 16.5. The molecule has 2 rings (SSSR count). The number of aryl methyl sites for hydroxylation is 1. The van der Waals surface area contributed by atoms with Crippen LogP contribution in [0.5, 0.6) is 0 Å². The summed E-state index contributed by atoms with van der Waals surface area (Å²) in [7, 11) is 1.26. The van der Waals surface area contributed by atoms with Gasteiger partial charge in [-0.3, -0.25) is 4.79 Å². The van der Waals surface area contributed by atoms with Gasteiger partial charge in [-0.05, 0) is 47.9 Å². The highest BCUT2D eigenvalue weighted by Gasteiger charge is 2.25. The van der Waals surface area contributed by atoms with Gasteiger partial charge in [0.2, 0.25) is 0 Å². The first kappa shape index (κ1) is 19.6. The molecule has 1 aromatic carbocycles. The predicted octanol–water partition coefficient (Wildman–Crippen LogP) is 2.30. The summed E-state index contributed by atoms with van der Waals surface area (Å²) in [6, 6.07) is 4.10. The number of esters is 1. The van der Waals surface area contributed by atoms with E-state index in [4.69, 9.17) is 0 Å². The smallest absolute Gasteiger partial charge is 0.308 e. The lowest BCUT2D eigenvalue weighted by Gasteiger charge is -2.28. The van der Waals surface area contributed by atoms with Gasteiger partial charge in [0, 0.05) is 6.42 Å². The molecular formula is C20H28O5. The molecule has 1 aliphatic rings. The Hall–Kier alpha value is -1.69. The van der Waals surface area contributed by atoms with E-state index in [-0.39, 0.29) is 12.8 Å². The van der Waals surface area contributed by atoms with Crippen LogP contribution in [0, 0.1) is 12.8 Å². The molecule has 0 fully saturated rings. The van der Waals surface area contributed by atoms with E-state index < -0.39 is 24.3 Å². The van der Waals surface area contributed by atoms with Crippen molar-refractivity contribution in [3.8, 4) is 0 Å². The third kappa shape index (κ3) is 5.14. The van der Waals surface area contributed by atoms with Crippen molar-refractivity contribution in [3.63, 3.8) is 0 Å². The van der Waals surface area contributed by atoms with E-state index in [0.29, 0.717) is 5.92 Å². The van der Waals surface area contributed by atoms with Crippen molar-refractivity contribution in [1.82, 2.24) is 0 Å². The Morgan fingerprint density at radius 3 is 2.80 bits per heavy atom. The molecule has 0 unspecified atom stereocenters. The van der Waals surface area contributed by atoms with Crippen LogP contribution >= 0.6 is 0 Å². The molecule has 138 valence electrons. The van der Waals surface area contributed by atoms with Crippen LogP contribution in [0.1, 0.15) is 54.5 Å². The molecule has 1 aliphatic carbocycles. The molecule has 0 saturated heterocycles. The Morgan fingerprint density at radius 2 is 2.12 bits per heavy atom. The van der Waals surface area contributed by atoms with Crippen LogP contribution < -0.4 is 0 Å². The first-order valence-corrected chi connectivity index (χ1v) is 8.73. The number of carbonyl (C=O) groups is 1. The van der Waals surface area contributed by atoms with E-state index in [1.807, 2.05) is 19.1 Å². The topological polar surface area (TPSA) is 87.0 Å². The molecule has 0 saturated carbocycles. The van der Waals surface area contributed by atoms with Crippen molar-refractivity contribution in [2.24, 2.45) is 5.92 Å². The zero-order valence-electron chi connectivity index (χ0n) is 15.1. The van der Waals surface area contributed by atoms with Crippen molar-refractivity contribution in [1.29, 1.82) is 0 Å². The second-order valence-corrected chi connectivity index (χ2v) is 7.03. The molecule has 25 heavy (non-hydrogen) atoms. The van der Waals surface area contributed by atoms with Crippen LogP contribution in [0.3, 0.4) is 0 Å². The SMILES string of the molecule is COC(=O)C[C@H](O)C[C@H](O)/C=C/c1c(C)ccc2c1[C@H](O)C[C@@H](C)C2. The fourth-order valence-corrected chi connectivity index (χ4v) is 3.46. The van der Waals surface area contributed by atoms with Crippen LogP contribution in [0.15, 0.2) is 18.2 Å². The maximum absolute atomic E-state index is 11.1. The van der Waals surface area contributed by atoms with Gasteiger partial charge in [-0.25, -0.2) is 0 Å². The number of fused-ring (bicyclic) bond motifs is 1. The number of aliphatic hydroxyl groups excluding tert-OH is 3. The summed E-state index contributed by atoms with van der Waals surface area (Å²) in [6.07, 6.45) is 2.67. The first-order valence-electron chi connectivity index (χ1n) is 8.73. The second-order valence-electron chi connectivity index (χ2n) is 7.03. The lowest BCUT2D eigenvalue weighted by molar-refractivity contribution is -0.143. The zero-order valence-corrected chi connectivity index (χ0v) is 15.1. The Morgan fingerprint density at radius 1 is 1.40 bits per heavy atom. The van der Waals surface area contributed by atoms with Crippen LogP contribution in [0.25, 0.3) is 6.08 Å². The minimum absolute atomic E-state index is 0.0548. The largest absolute Gasteiger partial charge is 0.469 e. The molecule has 1 aromatic rings. The number of aliphatic hydroxyl groups is 3. The monoisotopic (exact) mass is 348 g/mol. The second kappa shape index (κ2) is 8.61. The summed E-state index contributed by atoms with van der Waals surface area (Å²) < 4.78 is 4.50. The van der Waals surface area contributed by atoms with E-state index in [9.17, 15) is 20.1 Å². The number of methoxy groups -OCH3 is 1.